The molecule has 1 fully saturated rings. The molecule has 0 bridgehead atoms. The largest absolute Gasteiger partial charge is 0.486 e. The maximum absolute atomic E-state index is 13.2. The van der Waals surface area contributed by atoms with E-state index in [-0.39, 0.29) is 11.9 Å². The summed E-state index contributed by atoms with van der Waals surface area (Å²) in [6.07, 6.45) is 1.87. The number of carbonyl (C=O) groups excluding carboxylic acids is 1. The zero-order valence-electron chi connectivity index (χ0n) is 14.7. The number of aromatic amines is 1. The van der Waals surface area contributed by atoms with Gasteiger partial charge in [0, 0.05) is 12.1 Å². The molecule has 7 heteroatoms. The molecule has 2 aromatic heterocycles. The lowest BCUT2D eigenvalue weighted by molar-refractivity contribution is 0.0725. The summed E-state index contributed by atoms with van der Waals surface area (Å²) in [6, 6.07) is 11.7. The van der Waals surface area contributed by atoms with Gasteiger partial charge in [-0.2, -0.15) is 5.10 Å². The van der Waals surface area contributed by atoms with Crippen molar-refractivity contribution in [1.82, 2.24) is 15.1 Å². The fourth-order valence-electron chi connectivity index (χ4n) is 3.83. The molecule has 0 saturated carbocycles. The second kappa shape index (κ2) is 6.74. The van der Waals surface area contributed by atoms with Gasteiger partial charge in [-0.25, -0.2) is 0 Å². The first kappa shape index (κ1) is 16.4. The maximum atomic E-state index is 13.2. The number of para-hydroxylation sites is 1. The van der Waals surface area contributed by atoms with Crippen LogP contribution in [-0.2, 0) is 0 Å². The number of H-pyrrole nitrogens is 1. The Labute approximate surface area is 160 Å². The average Bonchev–Trinajstić information content (AvgIpc) is 3.48. The summed E-state index contributed by atoms with van der Waals surface area (Å²) in [5.74, 6) is 1.48. The van der Waals surface area contributed by atoms with Crippen LogP contribution in [0.15, 0.2) is 41.8 Å². The highest BCUT2D eigenvalue weighted by molar-refractivity contribution is 7.13. The van der Waals surface area contributed by atoms with E-state index in [1.165, 1.54) is 0 Å². The van der Waals surface area contributed by atoms with Crippen LogP contribution < -0.4 is 9.47 Å². The van der Waals surface area contributed by atoms with Gasteiger partial charge in [0.05, 0.1) is 16.6 Å². The molecule has 1 atom stereocenters. The molecule has 27 heavy (non-hydrogen) atoms. The summed E-state index contributed by atoms with van der Waals surface area (Å²) >= 11 is 1.62. The number of hydrogen-bond donors (Lipinski definition) is 1. The summed E-state index contributed by atoms with van der Waals surface area (Å²) in [5.41, 5.74) is 2.34. The molecular formula is C20H19N3O3S. The van der Waals surface area contributed by atoms with Crippen LogP contribution in [0.3, 0.4) is 0 Å². The van der Waals surface area contributed by atoms with Gasteiger partial charge in [0.1, 0.15) is 13.2 Å². The molecular weight excluding hydrogens is 362 g/mol. The van der Waals surface area contributed by atoms with Crippen molar-refractivity contribution in [2.24, 2.45) is 0 Å². The van der Waals surface area contributed by atoms with E-state index in [2.05, 4.69) is 10.2 Å². The molecule has 1 aromatic carbocycles. The molecule has 2 aliphatic rings. The first-order valence-corrected chi connectivity index (χ1v) is 9.98. The van der Waals surface area contributed by atoms with E-state index in [9.17, 15) is 4.79 Å². The van der Waals surface area contributed by atoms with Crippen molar-refractivity contribution in [3.63, 3.8) is 0 Å². The molecule has 6 nitrogen and oxygen atoms in total. The Hall–Kier alpha value is -2.80. The predicted octanol–water partition coefficient (Wildman–Crippen LogP) is 3.89. The number of carbonyl (C=O) groups is 1. The van der Waals surface area contributed by atoms with Crippen LogP contribution in [0.25, 0.3) is 10.6 Å². The fraction of sp³-hybridized carbons (Fsp3) is 0.300. The van der Waals surface area contributed by atoms with Crippen molar-refractivity contribution in [3.8, 4) is 22.1 Å². The van der Waals surface area contributed by atoms with Gasteiger partial charge in [-0.1, -0.05) is 18.2 Å². The molecule has 4 heterocycles. The van der Waals surface area contributed by atoms with Gasteiger partial charge in [0.25, 0.3) is 5.91 Å². The van der Waals surface area contributed by atoms with E-state index in [1.807, 2.05) is 46.7 Å². The molecule has 0 radical (unpaired) electrons. The smallest absolute Gasteiger partial charge is 0.274 e. The van der Waals surface area contributed by atoms with Crippen LogP contribution in [-0.4, -0.2) is 40.8 Å². The minimum absolute atomic E-state index is 0.0176. The first-order valence-electron chi connectivity index (χ1n) is 9.10. The molecule has 0 spiro atoms. The minimum atomic E-state index is -0.0501. The van der Waals surface area contributed by atoms with Gasteiger partial charge >= 0.3 is 0 Å². The van der Waals surface area contributed by atoms with Crippen LogP contribution in [0.2, 0.25) is 0 Å². The summed E-state index contributed by atoms with van der Waals surface area (Å²) in [4.78, 5) is 16.1. The quantitative estimate of drug-likeness (QED) is 0.747. The van der Waals surface area contributed by atoms with Crippen LogP contribution in [0.4, 0.5) is 0 Å². The van der Waals surface area contributed by atoms with Crippen LogP contribution in [0.5, 0.6) is 11.5 Å². The molecule has 1 amide bonds. The van der Waals surface area contributed by atoms with Crippen molar-refractivity contribution in [2.75, 3.05) is 19.8 Å². The topological polar surface area (TPSA) is 67.5 Å². The molecule has 1 saturated heterocycles. The second-order valence-corrected chi connectivity index (χ2v) is 7.62. The summed E-state index contributed by atoms with van der Waals surface area (Å²) < 4.78 is 11.6. The van der Waals surface area contributed by atoms with E-state index >= 15 is 0 Å². The number of ether oxygens (including phenoxy) is 2. The van der Waals surface area contributed by atoms with Crippen molar-refractivity contribution in [2.45, 2.75) is 18.9 Å². The van der Waals surface area contributed by atoms with Gasteiger partial charge in [-0.3, -0.25) is 9.89 Å². The monoisotopic (exact) mass is 381 g/mol. The maximum Gasteiger partial charge on any atom is 0.274 e. The predicted molar refractivity (Wildman–Crippen MR) is 102 cm³/mol. The van der Waals surface area contributed by atoms with Crippen LogP contribution in [0, 0.1) is 0 Å². The number of thiophene rings is 1. The molecule has 2 aliphatic heterocycles. The Bertz CT molecular complexity index is 967. The molecule has 1 unspecified atom stereocenters. The third-order valence-corrected chi connectivity index (χ3v) is 5.96. The lowest BCUT2D eigenvalue weighted by Gasteiger charge is -2.28. The fourth-order valence-corrected chi connectivity index (χ4v) is 4.52. The Morgan fingerprint density at radius 1 is 1.22 bits per heavy atom. The van der Waals surface area contributed by atoms with Gasteiger partial charge in [-0.15, -0.1) is 11.3 Å². The lowest BCUT2D eigenvalue weighted by atomic mass is 10.0. The van der Waals surface area contributed by atoms with Crippen molar-refractivity contribution < 1.29 is 14.3 Å². The summed E-state index contributed by atoms with van der Waals surface area (Å²) in [6.45, 7) is 1.81. The summed E-state index contributed by atoms with van der Waals surface area (Å²) in [5, 5.41) is 9.26. The highest BCUT2D eigenvalue weighted by atomic mass is 32.1. The van der Waals surface area contributed by atoms with Crippen molar-refractivity contribution in [1.29, 1.82) is 0 Å². The molecule has 1 N–H and O–H groups in total. The normalized spacial score (nSPS) is 18.7. The number of rotatable bonds is 3. The van der Waals surface area contributed by atoms with Crippen LogP contribution in [0.1, 0.15) is 34.9 Å². The van der Waals surface area contributed by atoms with Crippen molar-refractivity contribution in [3.05, 3.63) is 53.0 Å². The van der Waals surface area contributed by atoms with E-state index in [1.54, 1.807) is 11.3 Å². The zero-order valence-corrected chi connectivity index (χ0v) is 15.5. The van der Waals surface area contributed by atoms with E-state index in [0.29, 0.717) is 18.9 Å². The third kappa shape index (κ3) is 2.88. The standard InChI is InChI=1S/C20H19N3O3S/c24-20(15-12-14(21-22-15)18-7-3-11-27-18)23-8-2-5-16(23)13-4-1-6-17-19(13)26-10-9-25-17/h1,3-4,6-7,11-12,16H,2,5,8-10H2,(H,21,22). The van der Waals surface area contributed by atoms with E-state index < -0.39 is 0 Å². The average molecular weight is 381 g/mol. The van der Waals surface area contributed by atoms with Gasteiger partial charge in [0.15, 0.2) is 17.2 Å². The van der Waals surface area contributed by atoms with E-state index in [4.69, 9.17) is 9.47 Å². The Morgan fingerprint density at radius 3 is 3.04 bits per heavy atom. The number of fused-ring (bicyclic) bond motifs is 1. The number of nitrogens with one attached hydrogen (secondary N) is 1. The van der Waals surface area contributed by atoms with Crippen molar-refractivity contribution >= 4 is 17.2 Å². The SMILES string of the molecule is O=C(c1cc(-c2cccs2)[nH]n1)N1CCCC1c1cccc2c1OCCO2. The van der Waals surface area contributed by atoms with Crippen LogP contribution >= 0.6 is 11.3 Å². The number of likely N-dealkylation sites (tertiary alicyclic amines) is 1. The molecule has 3 aromatic rings. The summed E-state index contributed by atoms with van der Waals surface area (Å²) in [7, 11) is 0. The van der Waals surface area contributed by atoms with Gasteiger partial charge in [-0.05, 0) is 36.4 Å². The Morgan fingerprint density at radius 2 is 2.15 bits per heavy atom. The number of aromatic nitrogens is 2. The zero-order chi connectivity index (χ0) is 18.2. The first-order chi connectivity index (χ1) is 13.3. The number of benzene rings is 1. The molecule has 138 valence electrons. The van der Waals surface area contributed by atoms with Gasteiger partial charge < -0.3 is 14.4 Å². The Balaban J connectivity index is 1.44. The number of amides is 1. The highest BCUT2D eigenvalue weighted by Crippen LogP contribution is 2.43. The second-order valence-electron chi connectivity index (χ2n) is 6.67. The minimum Gasteiger partial charge on any atom is -0.486 e. The Kier molecular flexibility index (Phi) is 4.09. The van der Waals surface area contributed by atoms with E-state index in [0.717, 1.165) is 47.0 Å². The lowest BCUT2D eigenvalue weighted by Crippen LogP contribution is -2.31. The number of hydrogen-bond acceptors (Lipinski definition) is 5. The van der Waals surface area contributed by atoms with Gasteiger partial charge in [0.2, 0.25) is 0 Å². The third-order valence-electron chi connectivity index (χ3n) is 5.05. The number of nitrogens with zero attached hydrogens (tertiary/aromatic N) is 2. The highest BCUT2D eigenvalue weighted by Gasteiger charge is 2.34. The molecule has 0 aliphatic carbocycles. The molecule has 5 rings (SSSR count).